The van der Waals surface area contributed by atoms with Crippen LogP contribution in [0.2, 0.25) is 0 Å². The first kappa shape index (κ1) is 32.2. The molecule has 3 nitrogen and oxygen atoms in total. The van der Waals surface area contributed by atoms with E-state index in [9.17, 15) is 34.8 Å². The Bertz CT molecular complexity index is 1950. The fourth-order valence-electron chi connectivity index (χ4n) is 5.26. The van der Waals surface area contributed by atoms with Gasteiger partial charge in [0.15, 0.2) is 9.84 Å². The Morgan fingerprint density at radius 2 is 1.42 bits per heavy atom. The van der Waals surface area contributed by atoms with Crippen molar-refractivity contribution in [3.05, 3.63) is 119 Å². The van der Waals surface area contributed by atoms with Crippen LogP contribution in [-0.4, -0.2) is 19.2 Å². The second kappa shape index (κ2) is 12.3. The first-order chi connectivity index (χ1) is 21.1. The Morgan fingerprint density at radius 1 is 0.733 bits per heavy atom. The van der Waals surface area contributed by atoms with Crippen molar-refractivity contribution in [2.24, 2.45) is 5.92 Å². The zero-order chi connectivity index (χ0) is 32.6. The number of hydrogen-bond donors (Lipinski definition) is 0. The number of para-hydroxylation sites is 1. The predicted molar refractivity (Wildman–Crippen MR) is 163 cm³/mol. The summed E-state index contributed by atoms with van der Waals surface area (Å²) < 4.78 is 110. The van der Waals surface area contributed by atoms with Crippen LogP contribution in [0.15, 0.2) is 102 Å². The van der Waals surface area contributed by atoms with E-state index in [2.05, 4.69) is 4.98 Å². The summed E-state index contributed by atoms with van der Waals surface area (Å²) in [6.07, 6.45) is -7.46. The molecule has 0 aliphatic carbocycles. The van der Waals surface area contributed by atoms with Crippen molar-refractivity contribution < 1.29 is 34.8 Å². The molecule has 0 fully saturated rings. The number of nitrogens with zero attached hydrogens (tertiary/aromatic N) is 1. The van der Waals surface area contributed by atoms with E-state index in [0.29, 0.717) is 29.2 Å². The van der Waals surface area contributed by atoms with Gasteiger partial charge in [0.1, 0.15) is 0 Å². The summed E-state index contributed by atoms with van der Waals surface area (Å²) in [7, 11) is -4.03. The summed E-state index contributed by atoms with van der Waals surface area (Å²) in [6, 6.07) is 22.2. The van der Waals surface area contributed by atoms with Crippen LogP contribution in [0.3, 0.4) is 0 Å². The van der Waals surface area contributed by atoms with Gasteiger partial charge in [-0.15, -0.1) is 0 Å². The molecule has 0 bridgehead atoms. The Balaban J connectivity index is 1.72. The average molecular weight is 642 g/mol. The van der Waals surface area contributed by atoms with Gasteiger partial charge in [-0.1, -0.05) is 74.5 Å². The van der Waals surface area contributed by atoms with Gasteiger partial charge in [-0.3, -0.25) is 4.98 Å². The van der Waals surface area contributed by atoms with Gasteiger partial charge in [0, 0.05) is 11.6 Å². The van der Waals surface area contributed by atoms with Crippen molar-refractivity contribution in [2.45, 2.75) is 43.9 Å². The molecule has 10 heteroatoms. The topological polar surface area (TPSA) is 47.0 Å². The second-order valence-corrected chi connectivity index (χ2v) is 13.5. The van der Waals surface area contributed by atoms with E-state index in [1.807, 2.05) is 44.2 Å². The summed E-state index contributed by atoms with van der Waals surface area (Å²) in [4.78, 5) is 3.77. The van der Waals surface area contributed by atoms with Crippen LogP contribution in [0.1, 0.15) is 42.5 Å². The minimum absolute atomic E-state index is 0.0220. The lowest BCUT2D eigenvalue weighted by Crippen LogP contribution is -2.12. The third-order valence-corrected chi connectivity index (χ3v) is 9.29. The lowest BCUT2D eigenvalue weighted by atomic mass is 9.90. The fraction of sp³-hybridized carbons (Fsp3) is 0.229. The molecule has 1 aromatic heterocycles. The Hall–Kier alpha value is -4.18. The lowest BCUT2D eigenvalue weighted by molar-refractivity contribution is -0.138. The molecule has 0 radical (unpaired) electrons. The van der Waals surface area contributed by atoms with Gasteiger partial charge in [-0.2, -0.15) is 26.3 Å². The van der Waals surface area contributed by atoms with Gasteiger partial charge in [0.2, 0.25) is 0 Å². The highest BCUT2D eigenvalue weighted by atomic mass is 32.2. The van der Waals surface area contributed by atoms with Crippen molar-refractivity contribution >= 4 is 20.7 Å². The van der Waals surface area contributed by atoms with Crippen molar-refractivity contribution in [3.63, 3.8) is 0 Å². The van der Waals surface area contributed by atoms with E-state index in [0.717, 1.165) is 17.7 Å². The minimum Gasteiger partial charge on any atom is -0.255 e. The molecular formula is C35H29F6NO2S. The molecule has 0 aliphatic heterocycles. The van der Waals surface area contributed by atoms with Gasteiger partial charge in [-0.25, -0.2) is 8.42 Å². The molecule has 0 atom stereocenters. The van der Waals surface area contributed by atoms with E-state index in [1.165, 1.54) is 24.4 Å². The molecular weight excluding hydrogens is 612 g/mol. The molecule has 0 unspecified atom stereocenters. The van der Waals surface area contributed by atoms with Crippen LogP contribution >= 0.6 is 0 Å². The smallest absolute Gasteiger partial charge is 0.255 e. The monoisotopic (exact) mass is 641 g/mol. The van der Waals surface area contributed by atoms with Crippen molar-refractivity contribution in [1.29, 1.82) is 0 Å². The van der Waals surface area contributed by atoms with Gasteiger partial charge in [0.05, 0.1) is 27.3 Å². The number of halogens is 6. The number of fused-ring (bicyclic) bond motifs is 1. The second-order valence-electron chi connectivity index (χ2n) is 11.3. The molecule has 0 saturated carbocycles. The highest BCUT2D eigenvalue weighted by Crippen LogP contribution is 2.41. The SMILES string of the molecule is CC(C)CCS(=O)(=O)c1cc(-c2cccc(-c3c(Cc4ccccc4)cnc4c(C(F)(F)F)cccc34)c2)cc(C(F)(F)F)c1. The van der Waals surface area contributed by atoms with Crippen LogP contribution in [0.25, 0.3) is 33.2 Å². The number of sulfone groups is 1. The fourth-order valence-corrected chi connectivity index (χ4v) is 6.89. The molecule has 1 heterocycles. The zero-order valence-corrected chi connectivity index (χ0v) is 25.2. The number of hydrogen-bond acceptors (Lipinski definition) is 3. The number of alkyl halides is 6. The van der Waals surface area contributed by atoms with E-state index in [-0.39, 0.29) is 40.1 Å². The maximum absolute atomic E-state index is 14.0. The third kappa shape index (κ3) is 7.22. The molecule has 234 valence electrons. The number of pyridine rings is 1. The summed E-state index contributed by atoms with van der Waals surface area (Å²) in [5, 5.41) is 0.233. The van der Waals surface area contributed by atoms with E-state index in [1.54, 1.807) is 24.3 Å². The lowest BCUT2D eigenvalue weighted by Gasteiger charge is -2.17. The largest absolute Gasteiger partial charge is 0.418 e. The highest BCUT2D eigenvalue weighted by Gasteiger charge is 2.34. The summed E-state index contributed by atoms with van der Waals surface area (Å²) in [5.41, 5.74) is 0.444. The van der Waals surface area contributed by atoms with Crippen LogP contribution in [-0.2, 0) is 28.6 Å². The molecule has 0 N–H and O–H groups in total. The summed E-state index contributed by atoms with van der Waals surface area (Å²) in [6.45, 7) is 3.65. The average Bonchev–Trinajstić information content (AvgIpc) is 2.99. The number of rotatable bonds is 8. The van der Waals surface area contributed by atoms with Crippen LogP contribution in [0.5, 0.6) is 0 Å². The number of aromatic nitrogens is 1. The maximum Gasteiger partial charge on any atom is 0.418 e. The maximum atomic E-state index is 14.0. The standard InChI is InChI=1S/C35H29F6NO2S/c1-22(2)14-15-45(43,44)29-19-26(18-28(20-29)34(36,37)38)24-10-6-11-25(17-24)32-27(16-23-8-4-3-5-9-23)21-42-33-30(32)12-7-13-31(33)35(39,40)41/h3-13,17-22H,14-16H2,1-2H3. The first-order valence-electron chi connectivity index (χ1n) is 14.2. The number of benzene rings is 4. The van der Waals surface area contributed by atoms with Crippen LogP contribution < -0.4 is 0 Å². The van der Waals surface area contributed by atoms with Gasteiger partial charge >= 0.3 is 12.4 Å². The van der Waals surface area contributed by atoms with Crippen molar-refractivity contribution in [1.82, 2.24) is 4.98 Å². The van der Waals surface area contributed by atoms with Crippen molar-refractivity contribution in [2.75, 3.05) is 5.75 Å². The summed E-state index contributed by atoms with van der Waals surface area (Å²) in [5.74, 6) is -0.279. The highest BCUT2D eigenvalue weighted by molar-refractivity contribution is 7.91. The molecule has 0 amide bonds. The minimum atomic E-state index is -4.81. The van der Waals surface area contributed by atoms with E-state index in [4.69, 9.17) is 0 Å². The third-order valence-electron chi connectivity index (χ3n) is 7.56. The van der Waals surface area contributed by atoms with Gasteiger partial charge in [-0.05, 0) is 82.5 Å². The first-order valence-corrected chi connectivity index (χ1v) is 15.9. The summed E-state index contributed by atoms with van der Waals surface area (Å²) >= 11 is 0. The molecule has 45 heavy (non-hydrogen) atoms. The Kier molecular flexibility index (Phi) is 8.81. The molecule has 0 spiro atoms. The van der Waals surface area contributed by atoms with E-state index >= 15 is 0 Å². The van der Waals surface area contributed by atoms with Gasteiger partial charge in [0.25, 0.3) is 0 Å². The Labute approximate surface area is 257 Å². The van der Waals surface area contributed by atoms with Gasteiger partial charge < -0.3 is 0 Å². The predicted octanol–water partition coefficient (Wildman–Crippen LogP) is 10.0. The zero-order valence-electron chi connectivity index (χ0n) is 24.4. The molecule has 4 aromatic carbocycles. The van der Waals surface area contributed by atoms with Crippen LogP contribution in [0.4, 0.5) is 26.3 Å². The Morgan fingerprint density at radius 3 is 2.09 bits per heavy atom. The quantitative estimate of drug-likeness (QED) is 0.159. The molecule has 0 saturated heterocycles. The molecule has 0 aliphatic rings. The van der Waals surface area contributed by atoms with E-state index < -0.39 is 38.2 Å². The molecule has 5 rings (SSSR count). The normalized spacial score (nSPS) is 12.6. The van der Waals surface area contributed by atoms with Crippen LogP contribution in [0, 0.1) is 5.92 Å². The molecule has 5 aromatic rings. The van der Waals surface area contributed by atoms with Crippen molar-refractivity contribution in [3.8, 4) is 22.3 Å².